The Kier molecular flexibility index (Phi) is 7.68. The molecule has 0 bridgehead atoms. The van der Waals surface area contributed by atoms with Crippen molar-refractivity contribution in [3.05, 3.63) is 46.8 Å². The van der Waals surface area contributed by atoms with Crippen LogP contribution >= 0.6 is 11.3 Å². The molecule has 0 saturated heterocycles. The molecular weight excluding hydrogens is 358 g/mol. The van der Waals surface area contributed by atoms with Crippen LogP contribution in [-0.4, -0.2) is 38.1 Å². The van der Waals surface area contributed by atoms with Crippen LogP contribution in [0.2, 0.25) is 0 Å². The van der Waals surface area contributed by atoms with E-state index in [1.54, 1.807) is 0 Å². The van der Waals surface area contributed by atoms with E-state index in [4.69, 9.17) is 4.74 Å². The summed E-state index contributed by atoms with van der Waals surface area (Å²) in [7, 11) is 4.04. The average molecular weight is 390 g/mol. The number of hydrogen-bond acceptors (Lipinski definition) is 4. The maximum absolute atomic E-state index is 12.0. The molecule has 1 heterocycles. The highest BCUT2D eigenvalue weighted by Crippen LogP contribution is 2.31. The summed E-state index contributed by atoms with van der Waals surface area (Å²) in [4.78, 5) is 14.1. The summed E-state index contributed by atoms with van der Waals surface area (Å²) in [6.07, 6.45) is 0.915. The van der Waals surface area contributed by atoms with Crippen molar-refractivity contribution in [2.24, 2.45) is 0 Å². The third-order valence-electron chi connectivity index (χ3n) is 4.14. The molecule has 2 amide bonds. The Hall–Kier alpha value is -2.05. The van der Waals surface area contributed by atoms with Gasteiger partial charge in [0.15, 0.2) is 5.75 Å². The van der Waals surface area contributed by atoms with Gasteiger partial charge in [-0.3, -0.25) is 5.32 Å². The summed E-state index contributed by atoms with van der Waals surface area (Å²) in [5, 5.41) is 8.39. The van der Waals surface area contributed by atoms with E-state index in [1.807, 2.05) is 25.5 Å². The van der Waals surface area contributed by atoms with Crippen molar-refractivity contribution < 1.29 is 9.53 Å². The number of thiophene rings is 1. The van der Waals surface area contributed by atoms with Crippen LogP contribution in [0.1, 0.15) is 38.3 Å². The molecule has 1 aromatic heterocycles. The van der Waals surface area contributed by atoms with E-state index in [2.05, 4.69) is 60.6 Å². The number of carbonyl (C=O) groups excluding carboxylic acids is 1. The van der Waals surface area contributed by atoms with E-state index in [-0.39, 0.29) is 11.4 Å². The van der Waals surface area contributed by atoms with E-state index in [0.717, 1.165) is 23.5 Å². The van der Waals surface area contributed by atoms with Crippen LogP contribution in [0.5, 0.6) is 5.75 Å². The molecule has 0 spiro atoms. The van der Waals surface area contributed by atoms with Gasteiger partial charge in [-0.2, -0.15) is 0 Å². The topological polar surface area (TPSA) is 53.6 Å². The van der Waals surface area contributed by atoms with Crippen molar-refractivity contribution in [2.75, 3.05) is 32.5 Å². The van der Waals surface area contributed by atoms with Gasteiger partial charge in [-0.1, -0.05) is 45.0 Å². The summed E-state index contributed by atoms with van der Waals surface area (Å²) < 4.78 is 5.91. The second-order valence-electron chi connectivity index (χ2n) is 7.89. The lowest BCUT2D eigenvalue weighted by Gasteiger charge is -2.19. The molecule has 0 fully saturated rings. The molecule has 0 aliphatic rings. The fourth-order valence-electron chi connectivity index (χ4n) is 2.51. The smallest absolute Gasteiger partial charge is 0.319 e. The van der Waals surface area contributed by atoms with Gasteiger partial charge in [0.1, 0.15) is 11.6 Å². The predicted molar refractivity (Wildman–Crippen MR) is 114 cm³/mol. The Labute approximate surface area is 166 Å². The number of urea groups is 1. The van der Waals surface area contributed by atoms with Gasteiger partial charge < -0.3 is 15.0 Å². The van der Waals surface area contributed by atoms with Crippen LogP contribution in [0, 0.1) is 0 Å². The van der Waals surface area contributed by atoms with Crippen molar-refractivity contribution >= 4 is 22.4 Å². The Morgan fingerprint density at radius 2 is 1.85 bits per heavy atom. The number of rotatable bonds is 8. The molecular formula is C21H31N3O2S. The van der Waals surface area contributed by atoms with Crippen LogP contribution in [0.4, 0.5) is 9.80 Å². The highest BCUT2D eigenvalue weighted by molar-refractivity contribution is 7.14. The van der Waals surface area contributed by atoms with Crippen molar-refractivity contribution in [3.63, 3.8) is 0 Å². The minimum absolute atomic E-state index is 0.143. The summed E-state index contributed by atoms with van der Waals surface area (Å²) in [6.45, 7) is 8.67. The van der Waals surface area contributed by atoms with Gasteiger partial charge in [0, 0.05) is 6.54 Å². The molecule has 5 nitrogen and oxygen atoms in total. The van der Waals surface area contributed by atoms with Gasteiger partial charge in [-0.15, -0.1) is 11.3 Å². The first-order valence-electron chi connectivity index (χ1n) is 9.25. The molecule has 2 rings (SSSR count). The number of hydrogen-bond donors (Lipinski definition) is 2. The Morgan fingerprint density at radius 1 is 1.15 bits per heavy atom. The van der Waals surface area contributed by atoms with Crippen LogP contribution in [0.3, 0.4) is 0 Å². The zero-order chi connectivity index (χ0) is 19.9. The number of ether oxygens (including phenoxy) is 1. The van der Waals surface area contributed by atoms with E-state index < -0.39 is 0 Å². The minimum atomic E-state index is -0.199. The zero-order valence-electron chi connectivity index (χ0n) is 17.0. The van der Waals surface area contributed by atoms with E-state index in [1.165, 1.54) is 16.9 Å². The average Bonchev–Trinajstić information content (AvgIpc) is 3.03. The summed E-state index contributed by atoms with van der Waals surface area (Å²) in [5.41, 5.74) is 2.55. The first kappa shape index (κ1) is 21.3. The predicted octanol–water partition coefficient (Wildman–Crippen LogP) is 4.70. The third kappa shape index (κ3) is 7.23. The number of anilines is 1. The number of amides is 2. The fraction of sp³-hybridized carbons (Fsp3) is 0.476. The molecule has 0 atom stereocenters. The first-order chi connectivity index (χ1) is 12.8. The number of nitrogens with one attached hydrogen (secondary N) is 2. The van der Waals surface area contributed by atoms with Gasteiger partial charge in [-0.25, -0.2) is 4.79 Å². The molecule has 0 unspecified atom stereocenters. The van der Waals surface area contributed by atoms with Crippen LogP contribution in [0.25, 0.3) is 0 Å². The molecule has 148 valence electrons. The van der Waals surface area contributed by atoms with E-state index in [9.17, 15) is 4.79 Å². The largest absolute Gasteiger partial charge is 0.486 e. The minimum Gasteiger partial charge on any atom is -0.486 e. The number of nitrogens with zero attached hydrogens (tertiary/aromatic N) is 1. The van der Waals surface area contributed by atoms with Gasteiger partial charge >= 0.3 is 6.03 Å². The second kappa shape index (κ2) is 9.76. The quantitative estimate of drug-likeness (QED) is 0.644. The Balaban J connectivity index is 1.83. The summed E-state index contributed by atoms with van der Waals surface area (Å²) in [5.74, 6) is 0.698. The Bertz CT molecular complexity index is 718. The Morgan fingerprint density at radius 3 is 2.48 bits per heavy atom. The van der Waals surface area contributed by atoms with Crippen LogP contribution in [0.15, 0.2) is 35.7 Å². The molecule has 0 saturated carbocycles. The molecule has 0 radical (unpaired) electrons. The maximum atomic E-state index is 12.0. The van der Waals surface area contributed by atoms with Crippen LogP contribution < -0.4 is 15.4 Å². The molecule has 1 aromatic carbocycles. The number of carbonyl (C=O) groups is 1. The van der Waals surface area contributed by atoms with Crippen molar-refractivity contribution in [3.8, 4) is 5.75 Å². The summed E-state index contributed by atoms with van der Waals surface area (Å²) >= 11 is 1.46. The molecule has 2 aromatic rings. The molecule has 2 N–H and O–H groups in total. The fourth-order valence-corrected chi connectivity index (χ4v) is 3.23. The summed E-state index contributed by atoms with van der Waals surface area (Å²) in [6, 6.07) is 10.2. The van der Waals surface area contributed by atoms with Gasteiger partial charge in [-0.05, 0) is 55.0 Å². The van der Waals surface area contributed by atoms with Crippen LogP contribution in [-0.2, 0) is 12.0 Å². The van der Waals surface area contributed by atoms with Gasteiger partial charge in [0.25, 0.3) is 0 Å². The van der Waals surface area contributed by atoms with Gasteiger partial charge in [0.05, 0.1) is 0 Å². The SMILES string of the molecule is CN(C)CCCNC(=O)Nc1sccc1OCc1ccc(C(C)(C)C)cc1. The normalized spacial score (nSPS) is 11.5. The highest BCUT2D eigenvalue weighted by atomic mass is 32.1. The van der Waals surface area contributed by atoms with Crippen molar-refractivity contribution in [2.45, 2.75) is 39.2 Å². The maximum Gasteiger partial charge on any atom is 0.319 e. The molecule has 0 aliphatic heterocycles. The zero-order valence-corrected chi connectivity index (χ0v) is 17.8. The lowest BCUT2D eigenvalue weighted by atomic mass is 9.87. The lowest BCUT2D eigenvalue weighted by Crippen LogP contribution is -2.30. The first-order valence-corrected chi connectivity index (χ1v) is 10.1. The van der Waals surface area contributed by atoms with Gasteiger partial charge in [0.2, 0.25) is 0 Å². The van der Waals surface area contributed by atoms with E-state index >= 15 is 0 Å². The monoisotopic (exact) mass is 389 g/mol. The molecule has 0 aliphatic carbocycles. The molecule has 27 heavy (non-hydrogen) atoms. The van der Waals surface area contributed by atoms with E-state index in [0.29, 0.717) is 18.9 Å². The number of benzene rings is 1. The third-order valence-corrected chi connectivity index (χ3v) is 4.95. The van der Waals surface area contributed by atoms with Crippen molar-refractivity contribution in [1.82, 2.24) is 10.2 Å². The molecule has 6 heteroatoms. The highest BCUT2D eigenvalue weighted by Gasteiger charge is 2.13. The van der Waals surface area contributed by atoms with Crippen molar-refractivity contribution in [1.29, 1.82) is 0 Å². The second-order valence-corrected chi connectivity index (χ2v) is 8.80. The lowest BCUT2D eigenvalue weighted by molar-refractivity contribution is 0.251. The standard InChI is InChI=1S/C21H31N3O2S/c1-21(2,3)17-9-7-16(8-10-17)15-26-18-11-14-27-19(18)23-20(25)22-12-6-13-24(4)5/h7-11,14H,6,12-13,15H2,1-5H3,(H2,22,23,25).